The van der Waals surface area contributed by atoms with Crippen LogP contribution in [0.3, 0.4) is 0 Å². The van der Waals surface area contributed by atoms with Gasteiger partial charge < -0.3 is 10.1 Å². The minimum atomic E-state index is 0.137. The monoisotopic (exact) mass is 267 g/mol. The maximum atomic E-state index is 5.58. The molecule has 1 aliphatic carbocycles. The summed E-state index contributed by atoms with van der Waals surface area (Å²) in [4.78, 5) is 8.66. The number of rotatable bonds is 5. The Morgan fingerprint density at radius 3 is 3.00 bits per heavy atom. The lowest BCUT2D eigenvalue weighted by Crippen LogP contribution is -2.26. The third kappa shape index (κ3) is 3.51. The first-order valence-electron chi connectivity index (χ1n) is 6.48. The van der Waals surface area contributed by atoms with Gasteiger partial charge in [0.25, 0.3) is 0 Å². The number of ether oxygens (including phenoxy) is 1. The molecular weight excluding hydrogens is 246 g/mol. The highest BCUT2D eigenvalue weighted by Gasteiger charge is 2.26. The van der Waals surface area contributed by atoms with Crippen LogP contribution in [-0.4, -0.2) is 33.6 Å². The first-order chi connectivity index (χ1) is 8.69. The molecule has 0 radical (unpaired) electrons. The van der Waals surface area contributed by atoms with E-state index >= 15 is 0 Å². The summed E-state index contributed by atoms with van der Waals surface area (Å²) in [6.07, 6.45) is 7.81. The van der Waals surface area contributed by atoms with Crippen LogP contribution in [0.4, 0.5) is 5.95 Å². The van der Waals surface area contributed by atoms with Crippen molar-refractivity contribution < 1.29 is 4.74 Å². The van der Waals surface area contributed by atoms with Crippen LogP contribution in [0.2, 0.25) is 0 Å². The predicted octanol–water partition coefficient (Wildman–Crippen LogP) is 2.96. The largest absolute Gasteiger partial charge is 0.475 e. The van der Waals surface area contributed by atoms with Gasteiger partial charge in [-0.2, -0.15) is 16.7 Å². The van der Waals surface area contributed by atoms with E-state index in [0.29, 0.717) is 23.1 Å². The lowest BCUT2D eigenvalue weighted by atomic mass is 10.2. The molecule has 18 heavy (non-hydrogen) atoms. The lowest BCUT2D eigenvalue weighted by molar-refractivity contribution is 0.232. The Labute approximate surface area is 113 Å². The van der Waals surface area contributed by atoms with Gasteiger partial charge in [-0.05, 0) is 32.9 Å². The number of aromatic nitrogens is 2. The van der Waals surface area contributed by atoms with Crippen LogP contribution in [0, 0.1) is 0 Å². The van der Waals surface area contributed by atoms with Crippen molar-refractivity contribution in [3.8, 4) is 5.88 Å². The average Bonchev–Trinajstić information content (AvgIpc) is 2.76. The molecule has 0 aromatic carbocycles. The van der Waals surface area contributed by atoms with E-state index in [-0.39, 0.29) is 6.10 Å². The first-order valence-corrected chi connectivity index (χ1v) is 7.77. The van der Waals surface area contributed by atoms with E-state index in [4.69, 9.17) is 4.74 Å². The van der Waals surface area contributed by atoms with E-state index in [1.807, 2.05) is 25.6 Å². The van der Waals surface area contributed by atoms with Crippen molar-refractivity contribution in [3.05, 3.63) is 12.3 Å². The zero-order valence-electron chi connectivity index (χ0n) is 11.2. The van der Waals surface area contributed by atoms with E-state index in [1.54, 1.807) is 12.3 Å². The molecule has 0 bridgehead atoms. The second kappa shape index (κ2) is 6.27. The molecule has 2 atom stereocenters. The van der Waals surface area contributed by atoms with Gasteiger partial charge in [0, 0.05) is 23.6 Å². The zero-order chi connectivity index (χ0) is 13.0. The van der Waals surface area contributed by atoms with Gasteiger partial charge in [0.2, 0.25) is 11.8 Å². The Morgan fingerprint density at radius 1 is 1.44 bits per heavy atom. The van der Waals surface area contributed by atoms with E-state index in [9.17, 15) is 0 Å². The Hall–Kier alpha value is -0.970. The van der Waals surface area contributed by atoms with Crippen molar-refractivity contribution in [1.82, 2.24) is 9.97 Å². The Kier molecular flexibility index (Phi) is 4.69. The fraction of sp³-hybridized carbons (Fsp3) is 0.692. The normalized spacial score (nSPS) is 23.3. The molecule has 100 valence electrons. The molecule has 0 saturated heterocycles. The molecule has 1 N–H and O–H groups in total. The van der Waals surface area contributed by atoms with Crippen molar-refractivity contribution >= 4 is 17.7 Å². The molecule has 2 rings (SSSR count). The van der Waals surface area contributed by atoms with E-state index in [0.717, 1.165) is 0 Å². The summed E-state index contributed by atoms with van der Waals surface area (Å²) in [6.45, 7) is 3.99. The minimum absolute atomic E-state index is 0.137. The number of hydrogen-bond acceptors (Lipinski definition) is 5. The second-order valence-electron chi connectivity index (χ2n) is 4.84. The fourth-order valence-corrected chi connectivity index (χ4v) is 3.19. The topological polar surface area (TPSA) is 47.0 Å². The van der Waals surface area contributed by atoms with Gasteiger partial charge in [0.1, 0.15) is 0 Å². The smallest absolute Gasteiger partial charge is 0.226 e. The van der Waals surface area contributed by atoms with Crippen LogP contribution in [0.5, 0.6) is 5.88 Å². The third-order valence-electron chi connectivity index (χ3n) is 3.06. The number of hydrogen-bond donors (Lipinski definition) is 1. The summed E-state index contributed by atoms with van der Waals surface area (Å²) in [5.74, 6) is 1.32. The average molecular weight is 267 g/mol. The van der Waals surface area contributed by atoms with E-state index < -0.39 is 0 Å². The number of anilines is 1. The van der Waals surface area contributed by atoms with Crippen molar-refractivity contribution in [2.75, 3.05) is 11.6 Å². The molecule has 2 unspecified atom stereocenters. The standard InChI is InChI=1S/C13H21N3OS/c1-9(2)17-12-7-8-14-13(16-12)15-10-5-4-6-11(10)18-3/h7-11H,4-6H2,1-3H3,(H,14,15,16). The minimum Gasteiger partial charge on any atom is -0.475 e. The Morgan fingerprint density at radius 2 is 2.28 bits per heavy atom. The maximum absolute atomic E-state index is 5.58. The second-order valence-corrected chi connectivity index (χ2v) is 5.92. The van der Waals surface area contributed by atoms with Gasteiger partial charge in [-0.25, -0.2) is 4.98 Å². The van der Waals surface area contributed by atoms with Gasteiger partial charge in [-0.15, -0.1) is 0 Å². The Balaban J connectivity index is 2.00. The molecule has 4 nitrogen and oxygen atoms in total. The quantitative estimate of drug-likeness (QED) is 0.888. The molecule has 0 spiro atoms. The zero-order valence-corrected chi connectivity index (χ0v) is 12.0. The van der Waals surface area contributed by atoms with Crippen LogP contribution in [-0.2, 0) is 0 Å². The van der Waals surface area contributed by atoms with Gasteiger partial charge in [0.05, 0.1) is 6.10 Å². The molecule has 0 amide bonds. The number of thioether (sulfide) groups is 1. The van der Waals surface area contributed by atoms with Crippen molar-refractivity contribution in [2.45, 2.75) is 50.5 Å². The lowest BCUT2D eigenvalue weighted by Gasteiger charge is -2.19. The first kappa shape index (κ1) is 13.5. The molecule has 1 saturated carbocycles. The van der Waals surface area contributed by atoms with Crippen molar-refractivity contribution in [3.63, 3.8) is 0 Å². The van der Waals surface area contributed by atoms with Crippen molar-refractivity contribution in [1.29, 1.82) is 0 Å². The number of nitrogens with zero attached hydrogens (tertiary/aromatic N) is 2. The van der Waals surface area contributed by atoms with Gasteiger partial charge in [0.15, 0.2) is 0 Å². The van der Waals surface area contributed by atoms with Gasteiger partial charge in [-0.3, -0.25) is 0 Å². The van der Waals surface area contributed by atoms with E-state index in [2.05, 4.69) is 21.5 Å². The van der Waals surface area contributed by atoms with E-state index in [1.165, 1.54) is 19.3 Å². The molecule has 5 heteroatoms. The number of nitrogens with one attached hydrogen (secondary N) is 1. The van der Waals surface area contributed by atoms with Gasteiger partial charge in [-0.1, -0.05) is 6.42 Å². The summed E-state index contributed by atoms with van der Waals surface area (Å²) < 4.78 is 5.58. The van der Waals surface area contributed by atoms with Crippen LogP contribution < -0.4 is 10.1 Å². The van der Waals surface area contributed by atoms with Crippen LogP contribution in [0.1, 0.15) is 33.1 Å². The fourth-order valence-electron chi connectivity index (χ4n) is 2.26. The molecule has 1 aromatic rings. The van der Waals surface area contributed by atoms with Crippen LogP contribution >= 0.6 is 11.8 Å². The summed E-state index contributed by atoms with van der Waals surface area (Å²) in [6, 6.07) is 2.28. The highest BCUT2D eigenvalue weighted by atomic mass is 32.2. The molecular formula is C13H21N3OS. The molecule has 1 aromatic heterocycles. The summed E-state index contributed by atoms with van der Waals surface area (Å²) in [7, 11) is 0. The molecule has 1 aliphatic rings. The van der Waals surface area contributed by atoms with Crippen LogP contribution in [0.25, 0.3) is 0 Å². The maximum Gasteiger partial charge on any atom is 0.226 e. The molecule has 1 fully saturated rings. The predicted molar refractivity (Wildman–Crippen MR) is 76.4 cm³/mol. The van der Waals surface area contributed by atoms with Gasteiger partial charge >= 0.3 is 0 Å². The summed E-state index contributed by atoms with van der Waals surface area (Å²) >= 11 is 1.93. The molecule has 0 aliphatic heterocycles. The highest BCUT2D eigenvalue weighted by Crippen LogP contribution is 2.30. The summed E-state index contributed by atoms with van der Waals surface area (Å²) in [5, 5.41) is 4.10. The van der Waals surface area contributed by atoms with Crippen molar-refractivity contribution in [2.24, 2.45) is 0 Å². The SMILES string of the molecule is CSC1CCCC1Nc1nccc(OC(C)C)n1. The van der Waals surface area contributed by atoms with Crippen LogP contribution in [0.15, 0.2) is 12.3 Å². The third-order valence-corrected chi connectivity index (χ3v) is 4.23. The highest BCUT2D eigenvalue weighted by molar-refractivity contribution is 7.99. The summed E-state index contributed by atoms with van der Waals surface area (Å²) in [5.41, 5.74) is 0. The molecule has 1 heterocycles. The Bertz CT molecular complexity index is 386.